The molecule has 0 saturated heterocycles. The lowest BCUT2D eigenvalue weighted by Crippen LogP contribution is -2.08. The molecular formula is C15H11ClF3N. The van der Waals surface area contributed by atoms with Gasteiger partial charge in [0.05, 0.1) is 11.6 Å². The van der Waals surface area contributed by atoms with E-state index >= 15 is 0 Å². The van der Waals surface area contributed by atoms with Gasteiger partial charge in [-0.05, 0) is 47.9 Å². The third-order valence-electron chi connectivity index (χ3n) is 3.46. The van der Waals surface area contributed by atoms with E-state index in [9.17, 15) is 13.2 Å². The minimum atomic E-state index is -4.29. The molecule has 1 heterocycles. The second-order valence-electron chi connectivity index (χ2n) is 4.82. The molecule has 2 aromatic carbocycles. The summed E-state index contributed by atoms with van der Waals surface area (Å²) in [6.07, 6.45) is -3.57. The summed E-state index contributed by atoms with van der Waals surface area (Å²) in [5, 5.41) is 3.96. The number of rotatable bonds is 1. The van der Waals surface area contributed by atoms with Crippen LogP contribution in [0, 0.1) is 0 Å². The van der Waals surface area contributed by atoms with Crippen molar-refractivity contribution in [3.63, 3.8) is 0 Å². The summed E-state index contributed by atoms with van der Waals surface area (Å²) in [6, 6.07) is 10.8. The van der Waals surface area contributed by atoms with Crippen LogP contribution in [-0.2, 0) is 12.6 Å². The van der Waals surface area contributed by atoms with Gasteiger partial charge in [-0.25, -0.2) is 0 Å². The van der Waals surface area contributed by atoms with E-state index < -0.39 is 11.7 Å². The molecule has 3 rings (SSSR count). The zero-order valence-corrected chi connectivity index (χ0v) is 11.1. The first-order chi connectivity index (χ1) is 9.43. The normalized spacial score (nSPS) is 17.7. The molecule has 0 amide bonds. The highest BCUT2D eigenvalue weighted by atomic mass is 35.5. The summed E-state index contributed by atoms with van der Waals surface area (Å²) in [6.45, 7) is 0. The van der Waals surface area contributed by atoms with Crippen LogP contribution in [0.3, 0.4) is 0 Å². The summed E-state index contributed by atoms with van der Waals surface area (Å²) >= 11 is 5.94. The predicted molar refractivity (Wildman–Crippen MR) is 73.0 cm³/mol. The van der Waals surface area contributed by atoms with E-state index in [0.717, 1.165) is 35.4 Å². The van der Waals surface area contributed by atoms with Crippen molar-refractivity contribution in [3.8, 4) is 0 Å². The van der Waals surface area contributed by atoms with Crippen molar-refractivity contribution in [1.29, 1.82) is 0 Å². The number of fused-ring (bicyclic) bond motifs is 1. The van der Waals surface area contributed by atoms with Crippen molar-refractivity contribution in [1.82, 2.24) is 0 Å². The molecule has 1 aliphatic rings. The predicted octanol–water partition coefficient (Wildman–Crippen LogP) is 5.07. The van der Waals surface area contributed by atoms with Crippen molar-refractivity contribution < 1.29 is 13.2 Å². The Labute approximate surface area is 119 Å². The topological polar surface area (TPSA) is 12.0 Å². The molecular weight excluding hydrogens is 287 g/mol. The summed E-state index contributed by atoms with van der Waals surface area (Å²) in [7, 11) is 0. The van der Waals surface area contributed by atoms with E-state index in [-0.39, 0.29) is 6.04 Å². The quantitative estimate of drug-likeness (QED) is 0.775. The van der Waals surface area contributed by atoms with Gasteiger partial charge in [0.1, 0.15) is 0 Å². The second kappa shape index (κ2) is 4.70. The molecule has 5 heteroatoms. The zero-order chi connectivity index (χ0) is 14.3. The van der Waals surface area contributed by atoms with Gasteiger partial charge in [0.2, 0.25) is 0 Å². The van der Waals surface area contributed by atoms with Gasteiger partial charge < -0.3 is 5.32 Å². The van der Waals surface area contributed by atoms with Gasteiger partial charge in [-0.15, -0.1) is 0 Å². The number of benzene rings is 2. The molecule has 1 nitrogen and oxygen atoms in total. The molecule has 104 valence electrons. The molecule has 1 unspecified atom stereocenters. The van der Waals surface area contributed by atoms with Gasteiger partial charge in [-0.2, -0.15) is 13.2 Å². The maximum atomic E-state index is 12.5. The van der Waals surface area contributed by atoms with Crippen LogP contribution in [0.2, 0.25) is 5.02 Å². The van der Waals surface area contributed by atoms with Gasteiger partial charge in [0, 0.05) is 10.7 Å². The highest BCUT2D eigenvalue weighted by Gasteiger charge is 2.30. The van der Waals surface area contributed by atoms with Crippen molar-refractivity contribution in [2.75, 3.05) is 5.32 Å². The maximum absolute atomic E-state index is 12.5. The zero-order valence-electron chi connectivity index (χ0n) is 10.3. The lowest BCUT2D eigenvalue weighted by Gasteiger charge is -2.13. The molecule has 0 aliphatic carbocycles. The maximum Gasteiger partial charge on any atom is 0.416 e. The molecule has 0 aromatic heterocycles. The monoisotopic (exact) mass is 297 g/mol. The summed E-state index contributed by atoms with van der Waals surface area (Å²) in [4.78, 5) is 0. The smallest absolute Gasteiger partial charge is 0.378 e. The SMILES string of the molecule is FC(F)(F)c1ccc(C2Cc3cc(Cl)ccc3N2)cc1. The van der Waals surface area contributed by atoms with Crippen molar-refractivity contribution in [3.05, 3.63) is 64.2 Å². The molecule has 0 bridgehead atoms. The molecule has 1 atom stereocenters. The highest BCUT2D eigenvalue weighted by Crippen LogP contribution is 2.36. The molecule has 0 radical (unpaired) electrons. The van der Waals surface area contributed by atoms with Crippen LogP contribution in [0.5, 0.6) is 0 Å². The minimum absolute atomic E-state index is 0.00856. The number of halogens is 4. The number of nitrogens with one attached hydrogen (secondary N) is 1. The molecule has 0 saturated carbocycles. The molecule has 1 aliphatic heterocycles. The Bertz CT molecular complexity index is 635. The third-order valence-corrected chi connectivity index (χ3v) is 3.70. The fourth-order valence-corrected chi connectivity index (χ4v) is 2.63. The molecule has 0 spiro atoms. The highest BCUT2D eigenvalue weighted by molar-refractivity contribution is 6.30. The first-order valence-corrected chi connectivity index (χ1v) is 6.53. The summed E-state index contributed by atoms with van der Waals surface area (Å²) in [5.41, 5.74) is 2.28. The van der Waals surface area contributed by atoms with Crippen molar-refractivity contribution in [2.24, 2.45) is 0 Å². The van der Waals surface area contributed by atoms with Crippen molar-refractivity contribution >= 4 is 17.3 Å². The number of alkyl halides is 3. The van der Waals surface area contributed by atoms with Crippen LogP contribution < -0.4 is 5.32 Å². The number of hydrogen-bond acceptors (Lipinski definition) is 1. The standard InChI is InChI=1S/C15H11ClF3N/c16-12-5-6-13-10(7-12)8-14(20-13)9-1-3-11(4-2-9)15(17,18)19/h1-7,14,20H,8H2. The minimum Gasteiger partial charge on any atom is -0.378 e. The first kappa shape index (κ1) is 13.3. The fraction of sp³-hybridized carbons (Fsp3) is 0.200. The van der Waals surface area contributed by atoms with Crippen LogP contribution in [-0.4, -0.2) is 0 Å². The molecule has 0 fully saturated rings. The van der Waals surface area contributed by atoms with E-state index in [1.165, 1.54) is 12.1 Å². The van der Waals surface area contributed by atoms with Crippen LogP contribution in [0.15, 0.2) is 42.5 Å². The number of anilines is 1. The Morgan fingerprint density at radius 2 is 1.75 bits per heavy atom. The average molecular weight is 298 g/mol. The summed E-state index contributed by atoms with van der Waals surface area (Å²) < 4.78 is 37.6. The fourth-order valence-electron chi connectivity index (χ4n) is 2.44. The molecule has 2 aromatic rings. The van der Waals surface area contributed by atoms with Gasteiger partial charge in [-0.1, -0.05) is 23.7 Å². The van der Waals surface area contributed by atoms with E-state index in [1.807, 2.05) is 12.1 Å². The van der Waals surface area contributed by atoms with Crippen LogP contribution in [0.1, 0.15) is 22.7 Å². The average Bonchev–Trinajstić information content (AvgIpc) is 2.80. The molecule has 1 N–H and O–H groups in total. The van der Waals surface area contributed by atoms with Gasteiger partial charge in [0.25, 0.3) is 0 Å². The van der Waals surface area contributed by atoms with Crippen LogP contribution in [0.4, 0.5) is 18.9 Å². The van der Waals surface area contributed by atoms with E-state index in [1.54, 1.807) is 6.07 Å². The molecule has 20 heavy (non-hydrogen) atoms. The Balaban J connectivity index is 1.83. The van der Waals surface area contributed by atoms with Crippen molar-refractivity contribution in [2.45, 2.75) is 18.6 Å². The lowest BCUT2D eigenvalue weighted by atomic mass is 10.0. The summed E-state index contributed by atoms with van der Waals surface area (Å²) in [5.74, 6) is 0. The van der Waals surface area contributed by atoms with Crippen LogP contribution in [0.25, 0.3) is 0 Å². The van der Waals surface area contributed by atoms with Gasteiger partial charge >= 0.3 is 6.18 Å². The van der Waals surface area contributed by atoms with E-state index in [0.29, 0.717) is 5.02 Å². The Morgan fingerprint density at radius 1 is 1.05 bits per heavy atom. The first-order valence-electron chi connectivity index (χ1n) is 6.15. The van der Waals surface area contributed by atoms with Gasteiger partial charge in [0.15, 0.2) is 0 Å². The van der Waals surface area contributed by atoms with E-state index in [4.69, 9.17) is 11.6 Å². The second-order valence-corrected chi connectivity index (χ2v) is 5.26. The Morgan fingerprint density at radius 3 is 2.40 bits per heavy atom. The lowest BCUT2D eigenvalue weighted by molar-refractivity contribution is -0.137. The Hall–Kier alpha value is -1.68. The van der Waals surface area contributed by atoms with E-state index in [2.05, 4.69) is 5.32 Å². The Kier molecular flexibility index (Phi) is 3.13. The van der Waals surface area contributed by atoms with Gasteiger partial charge in [-0.3, -0.25) is 0 Å². The van der Waals surface area contributed by atoms with Crippen LogP contribution >= 0.6 is 11.6 Å². The largest absolute Gasteiger partial charge is 0.416 e. The number of hydrogen-bond donors (Lipinski definition) is 1. The third kappa shape index (κ3) is 2.48.